The minimum absolute atomic E-state index is 0.304. The summed E-state index contributed by atoms with van der Waals surface area (Å²) in [5, 5.41) is 0. The van der Waals surface area contributed by atoms with Gasteiger partial charge in [0.25, 0.3) is 0 Å². The van der Waals surface area contributed by atoms with Gasteiger partial charge >= 0.3 is 7.12 Å². The van der Waals surface area contributed by atoms with Gasteiger partial charge in [-0.25, -0.2) is 5.90 Å². The highest BCUT2D eigenvalue weighted by Crippen LogP contribution is 1.92. The SMILES string of the molecule is CC=CCB(OC)ON. The Bertz CT molecular complexity index is 83.0. The van der Waals surface area contributed by atoms with E-state index in [9.17, 15) is 0 Å². The van der Waals surface area contributed by atoms with Crippen molar-refractivity contribution in [3.8, 4) is 0 Å². The van der Waals surface area contributed by atoms with Crippen molar-refractivity contribution in [3.05, 3.63) is 12.2 Å². The first-order valence-corrected chi connectivity index (χ1v) is 2.84. The molecule has 3 nitrogen and oxygen atoms in total. The summed E-state index contributed by atoms with van der Waals surface area (Å²) < 4.78 is 9.23. The molecule has 0 aromatic carbocycles. The fourth-order valence-corrected chi connectivity index (χ4v) is 0.455. The van der Waals surface area contributed by atoms with Crippen LogP contribution in [0.3, 0.4) is 0 Å². The van der Waals surface area contributed by atoms with Crippen molar-refractivity contribution in [2.24, 2.45) is 5.90 Å². The average Bonchev–Trinajstić information content (AvgIpc) is 1.91. The molecule has 2 N–H and O–H groups in total. The Labute approximate surface area is 55.9 Å². The molecule has 0 atom stereocenters. The predicted molar refractivity (Wildman–Crippen MR) is 37.7 cm³/mol. The molecule has 0 aliphatic heterocycles. The second-order valence-electron chi connectivity index (χ2n) is 1.61. The lowest BCUT2D eigenvalue weighted by Crippen LogP contribution is -2.23. The highest BCUT2D eigenvalue weighted by molar-refractivity contribution is 6.44. The van der Waals surface area contributed by atoms with E-state index in [1.807, 2.05) is 19.1 Å². The number of rotatable bonds is 4. The van der Waals surface area contributed by atoms with Crippen LogP contribution in [-0.2, 0) is 9.41 Å². The second-order valence-corrected chi connectivity index (χ2v) is 1.61. The second kappa shape index (κ2) is 5.82. The predicted octanol–water partition coefficient (Wildman–Crippen LogP) is 0.587. The van der Waals surface area contributed by atoms with Crippen molar-refractivity contribution in [1.82, 2.24) is 0 Å². The molecule has 0 aromatic rings. The van der Waals surface area contributed by atoms with Gasteiger partial charge < -0.3 is 9.41 Å². The molecule has 0 bridgehead atoms. The maximum absolute atomic E-state index is 4.87. The largest absolute Gasteiger partial charge is 0.477 e. The molecule has 0 amide bonds. The van der Waals surface area contributed by atoms with Gasteiger partial charge in [-0.3, -0.25) is 0 Å². The summed E-state index contributed by atoms with van der Waals surface area (Å²) in [5.41, 5.74) is 0. The normalized spacial score (nSPS) is 10.6. The van der Waals surface area contributed by atoms with Gasteiger partial charge in [0.05, 0.1) is 0 Å². The number of hydrogen-bond donors (Lipinski definition) is 1. The summed E-state index contributed by atoms with van der Waals surface area (Å²) in [4.78, 5) is 0. The molecule has 0 aromatic heterocycles. The molecule has 0 saturated carbocycles. The first-order valence-electron chi connectivity index (χ1n) is 2.84. The van der Waals surface area contributed by atoms with Gasteiger partial charge in [0.1, 0.15) is 0 Å². The molecule has 0 rings (SSSR count). The Morgan fingerprint density at radius 1 is 1.67 bits per heavy atom. The van der Waals surface area contributed by atoms with E-state index in [0.717, 1.165) is 0 Å². The molecule has 0 fully saturated rings. The van der Waals surface area contributed by atoms with E-state index in [2.05, 4.69) is 4.76 Å². The van der Waals surface area contributed by atoms with Crippen LogP contribution in [0, 0.1) is 0 Å². The van der Waals surface area contributed by atoms with E-state index in [1.54, 1.807) is 7.11 Å². The van der Waals surface area contributed by atoms with E-state index < -0.39 is 0 Å². The molecular weight excluding hydrogens is 117 g/mol. The fourth-order valence-electron chi connectivity index (χ4n) is 0.455. The first-order chi connectivity index (χ1) is 4.35. The molecule has 52 valence electrons. The van der Waals surface area contributed by atoms with Gasteiger partial charge in [0, 0.05) is 13.4 Å². The third-order valence-corrected chi connectivity index (χ3v) is 0.979. The fraction of sp³-hybridized carbons (Fsp3) is 0.600. The zero-order chi connectivity index (χ0) is 7.11. The van der Waals surface area contributed by atoms with Gasteiger partial charge in [-0.05, 0) is 6.92 Å². The topological polar surface area (TPSA) is 44.5 Å². The quantitative estimate of drug-likeness (QED) is 0.343. The van der Waals surface area contributed by atoms with Crippen LogP contribution >= 0.6 is 0 Å². The number of hydrogen-bond acceptors (Lipinski definition) is 3. The van der Waals surface area contributed by atoms with Gasteiger partial charge in [-0.15, -0.1) is 0 Å². The summed E-state index contributed by atoms with van der Waals surface area (Å²) in [6.45, 7) is 1.93. The smallest absolute Gasteiger partial charge is 0.413 e. The lowest BCUT2D eigenvalue weighted by atomic mass is 9.85. The van der Waals surface area contributed by atoms with E-state index in [0.29, 0.717) is 6.32 Å². The van der Waals surface area contributed by atoms with Crippen molar-refractivity contribution < 1.29 is 9.41 Å². The standard InChI is InChI=1S/C5H12BNO2/c1-3-4-5-6(8-2)9-7/h3-4H,5,7H2,1-2H3. The molecule has 0 aliphatic carbocycles. The average molecular weight is 129 g/mol. The van der Waals surface area contributed by atoms with Crippen molar-refractivity contribution in [2.45, 2.75) is 13.2 Å². The van der Waals surface area contributed by atoms with Crippen molar-refractivity contribution in [1.29, 1.82) is 0 Å². The lowest BCUT2D eigenvalue weighted by Gasteiger charge is -2.02. The number of nitrogens with two attached hydrogens (primary N) is 1. The van der Waals surface area contributed by atoms with E-state index >= 15 is 0 Å². The third kappa shape index (κ3) is 4.21. The van der Waals surface area contributed by atoms with Crippen molar-refractivity contribution in [3.63, 3.8) is 0 Å². The lowest BCUT2D eigenvalue weighted by molar-refractivity contribution is 0.238. The van der Waals surface area contributed by atoms with Crippen LogP contribution in [0.25, 0.3) is 0 Å². The molecule has 0 unspecified atom stereocenters. The van der Waals surface area contributed by atoms with Crippen LogP contribution in [-0.4, -0.2) is 14.2 Å². The third-order valence-electron chi connectivity index (χ3n) is 0.979. The minimum atomic E-state index is -0.304. The van der Waals surface area contributed by atoms with Gasteiger partial charge in [-0.1, -0.05) is 12.2 Å². The molecule has 0 heterocycles. The minimum Gasteiger partial charge on any atom is -0.413 e. The van der Waals surface area contributed by atoms with Crippen molar-refractivity contribution >= 4 is 7.12 Å². The summed E-state index contributed by atoms with van der Waals surface area (Å²) in [5.74, 6) is 4.87. The molecular formula is C5H12BNO2. The van der Waals surface area contributed by atoms with Gasteiger partial charge in [-0.2, -0.15) is 0 Å². The molecule has 0 radical (unpaired) electrons. The van der Waals surface area contributed by atoms with Crippen LogP contribution in [0.1, 0.15) is 6.92 Å². The molecule has 9 heavy (non-hydrogen) atoms. The highest BCUT2D eigenvalue weighted by atomic mass is 16.7. The Hall–Kier alpha value is -0.315. The van der Waals surface area contributed by atoms with Crippen LogP contribution in [0.15, 0.2) is 12.2 Å². The van der Waals surface area contributed by atoms with Crippen molar-refractivity contribution in [2.75, 3.05) is 7.11 Å². The Morgan fingerprint density at radius 2 is 2.33 bits per heavy atom. The Kier molecular flexibility index (Phi) is 5.61. The monoisotopic (exact) mass is 129 g/mol. The summed E-state index contributed by atoms with van der Waals surface area (Å²) in [6.07, 6.45) is 4.55. The molecule has 0 aliphatic rings. The van der Waals surface area contributed by atoms with E-state index in [4.69, 9.17) is 10.6 Å². The summed E-state index contributed by atoms with van der Waals surface area (Å²) in [6, 6.07) is 0. The summed E-state index contributed by atoms with van der Waals surface area (Å²) in [7, 11) is 1.25. The Balaban J connectivity index is 3.31. The molecule has 4 heteroatoms. The number of allylic oxidation sites excluding steroid dienone is 2. The zero-order valence-electron chi connectivity index (χ0n) is 5.83. The van der Waals surface area contributed by atoms with Gasteiger partial charge in [0.2, 0.25) is 0 Å². The maximum Gasteiger partial charge on any atom is 0.477 e. The maximum atomic E-state index is 4.87. The van der Waals surface area contributed by atoms with Crippen LogP contribution < -0.4 is 5.90 Å². The van der Waals surface area contributed by atoms with Crippen LogP contribution in [0.5, 0.6) is 0 Å². The Morgan fingerprint density at radius 3 is 2.67 bits per heavy atom. The molecule has 0 saturated heterocycles. The van der Waals surface area contributed by atoms with E-state index in [1.165, 1.54) is 0 Å². The van der Waals surface area contributed by atoms with Gasteiger partial charge in [0.15, 0.2) is 0 Å². The zero-order valence-corrected chi connectivity index (χ0v) is 5.83. The molecule has 0 spiro atoms. The highest BCUT2D eigenvalue weighted by Gasteiger charge is 2.11. The first kappa shape index (κ1) is 8.68. The van der Waals surface area contributed by atoms with Crippen LogP contribution in [0.4, 0.5) is 0 Å². The van der Waals surface area contributed by atoms with E-state index in [-0.39, 0.29) is 7.12 Å². The van der Waals surface area contributed by atoms with Crippen LogP contribution in [0.2, 0.25) is 6.32 Å². The summed E-state index contributed by atoms with van der Waals surface area (Å²) >= 11 is 0.